The van der Waals surface area contributed by atoms with Crippen LogP contribution in [0, 0.1) is 0 Å². The van der Waals surface area contributed by atoms with Crippen LogP contribution in [0.25, 0.3) is 16.7 Å². The highest BCUT2D eigenvalue weighted by atomic mass is 16.5. The number of nitrogens with zero attached hydrogens (tertiary/aromatic N) is 3. The number of ether oxygens (including phenoxy) is 1. The molecule has 0 aliphatic rings. The summed E-state index contributed by atoms with van der Waals surface area (Å²) in [6, 6.07) is 7.86. The monoisotopic (exact) mass is 327 g/mol. The lowest BCUT2D eigenvalue weighted by Crippen LogP contribution is -2.38. The number of carboxylic acid groups (broad SMARTS) is 1. The van der Waals surface area contributed by atoms with Crippen molar-refractivity contribution >= 4 is 17.0 Å². The molecule has 0 saturated heterocycles. The Morgan fingerprint density at radius 3 is 2.46 bits per heavy atom. The van der Waals surface area contributed by atoms with Gasteiger partial charge in [0.2, 0.25) is 0 Å². The second-order valence-corrected chi connectivity index (χ2v) is 5.08. The van der Waals surface area contributed by atoms with Crippen molar-refractivity contribution in [1.29, 1.82) is 0 Å². The third-order valence-electron chi connectivity index (χ3n) is 3.67. The fourth-order valence-corrected chi connectivity index (χ4v) is 2.38. The molecule has 0 atom stereocenters. The maximum absolute atomic E-state index is 12.5. The molecule has 2 heterocycles. The van der Waals surface area contributed by atoms with E-state index in [4.69, 9.17) is 9.84 Å². The van der Waals surface area contributed by atoms with Crippen LogP contribution in [-0.4, -0.2) is 32.3 Å². The first kappa shape index (κ1) is 15.5. The van der Waals surface area contributed by atoms with Gasteiger partial charge >= 0.3 is 11.7 Å². The molecule has 2 aromatic heterocycles. The number of aromatic carboxylic acids is 1. The topological polar surface area (TPSA) is 103 Å². The molecule has 8 heteroatoms. The summed E-state index contributed by atoms with van der Waals surface area (Å²) in [4.78, 5) is 39.9. The highest BCUT2D eigenvalue weighted by Crippen LogP contribution is 2.17. The standard InChI is InChI=1S/C16H13N3O5/c1-18-14(20)12-7-9(15(21)22)8-17-13(12)19(16(18)23)10-3-5-11(24-2)6-4-10/h3-8H,1-2H3,(H,21,22). The van der Waals surface area contributed by atoms with Crippen LogP contribution in [0.15, 0.2) is 46.1 Å². The first-order chi connectivity index (χ1) is 11.4. The van der Waals surface area contributed by atoms with Crippen LogP contribution < -0.4 is 16.0 Å². The van der Waals surface area contributed by atoms with Gasteiger partial charge in [0, 0.05) is 13.2 Å². The molecule has 0 amide bonds. The van der Waals surface area contributed by atoms with Crippen molar-refractivity contribution in [3.63, 3.8) is 0 Å². The van der Waals surface area contributed by atoms with Crippen molar-refractivity contribution in [2.24, 2.45) is 7.05 Å². The third-order valence-corrected chi connectivity index (χ3v) is 3.67. The third kappa shape index (κ3) is 2.34. The van der Waals surface area contributed by atoms with Gasteiger partial charge in [0.25, 0.3) is 5.56 Å². The number of aromatic nitrogens is 3. The van der Waals surface area contributed by atoms with Crippen LogP contribution in [0.3, 0.4) is 0 Å². The zero-order valence-electron chi connectivity index (χ0n) is 12.9. The molecular formula is C16H13N3O5. The summed E-state index contributed by atoms with van der Waals surface area (Å²) in [6.45, 7) is 0. The fraction of sp³-hybridized carbons (Fsp3) is 0.125. The van der Waals surface area contributed by atoms with Crippen molar-refractivity contribution < 1.29 is 14.6 Å². The first-order valence-corrected chi connectivity index (χ1v) is 6.93. The summed E-state index contributed by atoms with van der Waals surface area (Å²) in [7, 11) is 2.86. The van der Waals surface area contributed by atoms with Gasteiger partial charge in [-0.25, -0.2) is 19.1 Å². The van der Waals surface area contributed by atoms with E-state index in [1.165, 1.54) is 24.8 Å². The molecule has 3 aromatic rings. The number of hydrogen-bond donors (Lipinski definition) is 1. The van der Waals surface area contributed by atoms with Crippen molar-refractivity contribution in [1.82, 2.24) is 14.1 Å². The molecule has 0 saturated carbocycles. The van der Waals surface area contributed by atoms with Crippen molar-refractivity contribution in [3.8, 4) is 11.4 Å². The van der Waals surface area contributed by atoms with E-state index < -0.39 is 17.2 Å². The van der Waals surface area contributed by atoms with Crippen molar-refractivity contribution in [3.05, 3.63) is 62.9 Å². The van der Waals surface area contributed by atoms with Gasteiger partial charge in [-0.15, -0.1) is 0 Å². The normalized spacial score (nSPS) is 10.8. The van der Waals surface area contributed by atoms with Crippen LogP contribution in [0.5, 0.6) is 5.75 Å². The summed E-state index contributed by atoms with van der Waals surface area (Å²) >= 11 is 0. The lowest BCUT2D eigenvalue weighted by molar-refractivity contribution is 0.0696. The van der Waals surface area contributed by atoms with E-state index in [1.54, 1.807) is 24.3 Å². The highest BCUT2D eigenvalue weighted by Gasteiger charge is 2.16. The van der Waals surface area contributed by atoms with Crippen LogP contribution in [0.2, 0.25) is 0 Å². The molecule has 0 unspecified atom stereocenters. The van der Waals surface area contributed by atoms with Gasteiger partial charge < -0.3 is 9.84 Å². The highest BCUT2D eigenvalue weighted by molar-refractivity contribution is 5.91. The first-order valence-electron chi connectivity index (χ1n) is 6.93. The van der Waals surface area contributed by atoms with Crippen molar-refractivity contribution in [2.75, 3.05) is 7.11 Å². The predicted molar refractivity (Wildman–Crippen MR) is 86.1 cm³/mol. The maximum Gasteiger partial charge on any atom is 0.337 e. The van der Waals surface area contributed by atoms with Gasteiger partial charge in [-0.05, 0) is 30.3 Å². The summed E-state index contributed by atoms with van der Waals surface area (Å²) in [5.41, 5.74) is -0.724. The summed E-state index contributed by atoms with van der Waals surface area (Å²) in [6.07, 6.45) is 1.11. The van der Waals surface area contributed by atoms with E-state index in [9.17, 15) is 14.4 Å². The van der Waals surface area contributed by atoms with E-state index in [-0.39, 0.29) is 16.6 Å². The summed E-state index contributed by atoms with van der Waals surface area (Å²) in [5, 5.41) is 9.12. The van der Waals surface area contributed by atoms with E-state index >= 15 is 0 Å². The van der Waals surface area contributed by atoms with Gasteiger partial charge in [-0.3, -0.25) is 9.36 Å². The number of pyridine rings is 1. The van der Waals surface area contributed by atoms with Crippen LogP contribution in [0.1, 0.15) is 10.4 Å². The van der Waals surface area contributed by atoms with Crippen LogP contribution in [0.4, 0.5) is 0 Å². The number of rotatable bonds is 3. The van der Waals surface area contributed by atoms with E-state index in [0.717, 1.165) is 10.8 Å². The largest absolute Gasteiger partial charge is 0.497 e. The lowest BCUT2D eigenvalue weighted by Gasteiger charge is -2.12. The van der Waals surface area contributed by atoms with Gasteiger partial charge in [-0.2, -0.15) is 0 Å². The number of carbonyl (C=O) groups is 1. The van der Waals surface area contributed by atoms with Crippen molar-refractivity contribution in [2.45, 2.75) is 0 Å². The SMILES string of the molecule is COc1ccc(-n2c(=O)n(C)c(=O)c3cc(C(=O)O)cnc32)cc1. The number of hydrogen-bond acceptors (Lipinski definition) is 5. The maximum atomic E-state index is 12.5. The number of methoxy groups -OCH3 is 1. The minimum Gasteiger partial charge on any atom is -0.497 e. The smallest absolute Gasteiger partial charge is 0.337 e. The molecule has 0 aliphatic carbocycles. The molecule has 24 heavy (non-hydrogen) atoms. The zero-order valence-corrected chi connectivity index (χ0v) is 12.9. The summed E-state index contributed by atoms with van der Waals surface area (Å²) in [5.74, 6) is -0.587. The van der Waals surface area contributed by atoms with E-state index in [2.05, 4.69) is 4.98 Å². The van der Waals surface area contributed by atoms with E-state index in [0.29, 0.717) is 11.4 Å². The predicted octanol–water partition coefficient (Wildman–Crippen LogP) is 0.791. The van der Waals surface area contributed by atoms with Gasteiger partial charge in [0.15, 0.2) is 5.65 Å². The van der Waals surface area contributed by atoms with Crippen LogP contribution >= 0.6 is 0 Å². The molecule has 0 spiro atoms. The zero-order chi connectivity index (χ0) is 17.4. The lowest BCUT2D eigenvalue weighted by atomic mass is 10.2. The minimum absolute atomic E-state index is 0.0489. The quantitative estimate of drug-likeness (QED) is 0.763. The molecule has 3 rings (SSSR count). The Morgan fingerprint density at radius 2 is 1.88 bits per heavy atom. The Bertz CT molecular complexity index is 1060. The van der Waals surface area contributed by atoms with Gasteiger partial charge in [-0.1, -0.05) is 0 Å². The molecule has 122 valence electrons. The average molecular weight is 327 g/mol. The second-order valence-electron chi connectivity index (χ2n) is 5.08. The van der Waals surface area contributed by atoms with E-state index in [1.807, 2.05) is 0 Å². The Hall–Kier alpha value is -3.42. The summed E-state index contributed by atoms with van der Waals surface area (Å²) < 4.78 is 7.25. The Kier molecular flexibility index (Phi) is 3.64. The van der Waals surface area contributed by atoms with Crippen LogP contribution in [-0.2, 0) is 7.05 Å². The molecule has 0 aliphatic heterocycles. The average Bonchev–Trinajstić information content (AvgIpc) is 2.60. The Labute approximate surface area is 135 Å². The van der Waals surface area contributed by atoms with Gasteiger partial charge in [0.05, 0.1) is 23.7 Å². The number of fused-ring (bicyclic) bond motifs is 1. The minimum atomic E-state index is -1.20. The molecule has 1 N–H and O–H groups in total. The Morgan fingerprint density at radius 1 is 1.21 bits per heavy atom. The number of benzene rings is 1. The molecule has 1 aromatic carbocycles. The molecular weight excluding hydrogens is 314 g/mol. The molecule has 0 radical (unpaired) electrons. The number of carboxylic acids is 1. The fourth-order valence-electron chi connectivity index (χ4n) is 2.38. The van der Waals surface area contributed by atoms with Gasteiger partial charge in [0.1, 0.15) is 5.75 Å². The Balaban J connectivity index is 2.40. The molecule has 0 bridgehead atoms. The second kappa shape index (κ2) is 5.65. The molecule has 0 fully saturated rings. The molecule has 8 nitrogen and oxygen atoms in total.